The van der Waals surface area contributed by atoms with Gasteiger partial charge in [-0.25, -0.2) is 0 Å². The summed E-state index contributed by atoms with van der Waals surface area (Å²) in [5, 5.41) is 22.6. The first-order valence-electron chi connectivity index (χ1n) is 5.53. The highest BCUT2D eigenvalue weighted by Gasteiger charge is 2.16. The molecule has 1 aromatic heterocycles. The van der Waals surface area contributed by atoms with Crippen molar-refractivity contribution in [2.45, 2.75) is 32.0 Å². The van der Waals surface area contributed by atoms with E-state index in [0.29, 0.717) is 12.8 Å². The molecule has 0 fully saturated rings. The topological polar surface area (TPSA) is 40.5 Å². The molecule has 0 aliphatic heterocycles. The second-order valence-corrected chi connectivity index (χ2v) is 4.92. The number of thiophene rings is 1. The summed E-state index contributed by atoms with van der Waals surface area (Å²) in [5.41, 5.74) is 1.13. The molecule has 1 aromatic carbocycles. The quantitative estimate of drug-likeness (QED) is 0.856. The Labute approximate surface area is 99.2 Å². The molecule has 1 heterocycles. The van der Waals surface area contributed by atoms with Crippen LogP contribution in [-0.2, 0) is 6.42 Å². The van der Waals surface area contributed by atoms with Gasteiger partial charge in [0.15, 0.2) is 0 Å². The van der Waals surface area contributed by atoms with Crippen molar-refractivity contribution in [1.82, 2.24) is 0 Å². The first kappa shape index (κ1) is 11.6. The summed E-state index contributed by atoms with van der Waals surface area (Å²) in [6.45, 7) is 1.87. The maximum atomic E-state index is 9.80. The van der Waals surface area contributed by atoms with Crippen LogP contribution in [0.25, 0.3) is 10.1 Å². The molecule has 2 nitrogen and oxygen atoms in total. The minimum Gasteiger partial charge on any atom is -0.390 e. The summed E-state index contributed by atoms with van der Waals surface area (Å²) in [4.78, 5) is 0. The lowest BCUT2D eigenvalue weighted by atomic mass is 10.0. The van der Waals surface area contributed by atoms with Crippen LogP contribution in [0, 0.1) is 0 Å². The molecule has 0 radical (unpaired) electrons. The van der Waals surface area contributed by atoms with E-state index in [0.717, 1.165) is 5.56 Å². The van der Waals surface area contributed by atoms with Crippen LogP contribution in [0.3, 0.4) is 0 Å². The van der Waals surface area contributed by atoms with Crippen molar-refractivity contribution < 1.29 is 10.2 Å². The first-order chi connectivity index (χ1) is 7.72. The van der Waals surface area contributed by atoms with Gasteiger partial charge in [-0.05, 0) is 28.8 Å². The Bertz CT molecular complexity index is 464. The van der Waals surface area contributed by atoms with E-state index < -0.39 is 12.2 Å². The molecule has 2 N–H and O–H groups in total. The lowest BCUT2D eigenvalue weighted by Gasteiger charge is -2.15. The predicted molar refractivity (Wildman–Crippen MR) is 67.8 cm³/mol. The van der Waals surface area contributed by atoms with Crippen molar-refractivity contribution in [3.8, 4) is 0 Å². The molecule has 0 spiro atoms. The van der Waals surface area contributed by atoms with Crippen LogP contribution >= 0.6 is 11.3 Å². The number of rotatable bonds is 4. The fourth-order valence-corrected chi connectivity index (χ4v) is 2.80. The zero-order valence-corrected chi connectivity index (χ0v) is 10.1. The Morgan fingerprint density at radius 3 is 2.69 bits per heavy atom. The van der Waals surface area contributed by atoms with E-state index in [9.17, 15) is 10.2 Å². The van der Waals surface area contributed by atoms with Crippen LogP contribution < -0.4 is 0 Å². The Morgan fingerprint density at radius 2 is 1.94 bits per heavy atom. The van der Waals surface area contributed by atoms with Gasteiger partial charge in [-0.3, -0.25) is 0 Å². The number of aliphatic hydroxyl groups excluding tert-OH is 2. The Morgan fingerprint density at radius 1 is 1.19 bits per heavy atom. The Hall–Kier alpha value is -0.900. The van der Waals surface area contributed by atoms with Gasteiger partial charge < -0.3 is 10.2 Å². The van der Waals surface area contributed by atoms with Gasteiger partial charge in [-0.15, -0.1) is 11.3 Å². The molecule has 86 valence electrons. The van der Waals surface area contributed by atoms with E-state index in [-0.39, 0.29) is 0 Å². The third-order valence-corrected chi connectivity index (χ3v) is 3.86. The largest absolute Gasteiger partial charge is 0.390 e. The minimum absolute atomic E-state index is 0.527. The van der Waals surface area contributed by atoms with Gasteiger partial charge in [-0.2, -0.15) is 0 Å². The predicted octanol–water partition coefficient (Wildman–Crippen LogP) is 2.58. The number of hydrogen-bond donors (Lipinski definition) is 2. The van der Waals surface area contributed by atoms with Crippen LogP contribution in [0.15, 0.2) is 29.6 Å². The molecule has 0 saturated heterocycles. The second kappa shape index (κ2) is 4.95. The lowest BCUT2D eigenvalue weighted by Crippen LogP contribution is -2.26. The highest BCUT2D eigenvalue weighted by Crippen LogP contribution is 2.27. The molecule has 2 unspecified atom stereocenters. The summed E-state index contributed by atoms with van der Waals surface area (Å²) in [6, 6.07) is 8.15. The van der Waals surface area contributed by atoms with Crippen LogP contribution in [0.4, 0.5) is 0 Å². The highest BCUT2D eigenvalue weighted by molar-refractivity contribution is 7.17. The van der Waals surface area contributed by atoms with Gasteiger partial charge in [-0.1, -0.05) is 25.1 Å². The molecule has 2 atom stereocenters. The molecule has 3 heteroatoms. The van der Waals surface area contributed by atoms with Gasteiger partial charge in [0.25, 0.3) is 0 Å². The Balaban J connectivity index is 2.21. The van der Waals surface area contributed by atoms with Gasteiger partial charge >= 0.3 is 0 Å². The number of fused-ring (bicyclic) bond motifs is 1. The molecule has 0 amide bonds. The van der Waals surface area contributed by atoms with E-state index in [1.165, 1.54) is 10.1 Å². The van der Waals surface area contributed by atoms with Crippen LogP contribution in [0.5, 0.6) is 0 Å². The van der Waals surface area contributed by atoms with Crippen LogP contribution in [-0.4, -0.2) is 22.4 Å². The molecule has 0 aliphatic rings. The van der Waals surface area contributed by atoms with Crippen LogP contribution in [0.2, 0.25) is 0 Å². The van der Waals surface area contributed by atoms with Gasteiger partial charge in [0.05, 0.1) is 12.2 Å². The zero-order chi connectivity index (χ0) is 11.5. The first-order valence-corrected chi connectivity index (χ1v) is 6.41. The van der Waals surface area contributed by atoms with E-state index in [4.69, 9.17) is 0 Å². The number of hydrogen-bond acceptors (Lipinski definition) is 3. The van der Waals surface area contributed by atoms with Crippen molar-refractivity contribution in [1.29, 1.82) is 0 Å². The molecule has 2 aromatic rings. The fraction of sp³-hybridized carbons (Fsp3) is 0.385. The molecular weight excluding hydrogens is 220 g/mol. The van der Waals surface area contributed by atoms with Crippen molar-refractivity contribution in [3.05, 3.63) is 35.2 Å². The third kappa shape index (κ3) is 2.26. The average molecular weight is 236 g/mol. The summed E-state index contributed by atoms with van der Waals surface area (Å²) in [5.74, 6) is 0. The van der Waals surface area contributed by atoms with Crippen molar-refractivity contribution in [2.75, 3.05) is 0 Å². The van der Waals surface area contributed by atoms with E-state index in [1.54, 1.807) is 11.3 Å². The molecule has 0 bridgehead atoms. The maximum absolute atomic E-state index is 9.80. The highest BCUT2D eigenvalue weighted by atomic mass is 32.1. The van der Waals surface area contributed by atoms with Gasteiger partial charge in [0.1, 0.15) is 0 Å². The van der Waals surface area contributed by atoms with E-state index >= 15 is 0 Å². The normalized spacial score (nSPS) is 15.2. The smallest absolute Gasteiger partial charge is 0.0839 e. The number of benzene rings is 1. The SMILES string of the molecule is CCC(O)C(O)Cc1csc2ccccc12. The molecule has 16 heavy (non-hydrogen) atoms. The summed E-state index contributed by atoms with van der Waals surface area (Å²) >= 11 is 1.68. The molecule has 0 saturated carbocycles. The van der Waals surface area contributed by atoms with Crippen molar-refractivity contribution in [2.24, 2.45) is 0 Å². The maximum Gasteiger partial charge on any atom is 0.0839 e. The Kier molecular flexibility index (Phi) is 3.59. The van der Waals surface area contributed by atoms with Gasteiger partial charge in [0, 0.05) is 11.1 Å². The summed E-state index contributed by atoms with van der Waals surface area (Å²) in [6.07, 6.45) is -0.177. The summed E-state index contributed by atoms with van der Waals surface area (Å²) in [7, 11) is 0. The molecular formula is C13H16O2S. The van der Waals surface area contributed by atoms with Crippen molar-refractivity contribution in [3.63, 3.8) is 0 Å². The van der Waals surface area contributed by atoms with Gasteiger partial charge in [0.2, 0.25) is 0 Å². The van der Waals surface area contributed by atoms with E-state index in [2.05, 4.69) is 17.5 Å². The van der Waals surface area contributed by atoms with E-state index in [1.807, 2.05) is 19.1 Å². The molecule has 0 aliphatic carbocycles. The minimum atomic E-state index is -0.664. The lowest BCUT2D eigenvalue weighted by molar-refractivity contribution is 0.0184. The van der Waals surface area contributed by atoms with Crippen molar-refractivity contribution >= 4 is 21.4 Å². The van der Waals surface area contributed by atoms with Crippen LogP contribution in [0.1, 0.15) is 18.9 Å². The fourth-order valence-electron chi connectivity index (χ4n) is 1.82. The standard InChI is InChI=1S/C13H16O2S/c1-2-11(14)12(15)7-9-8-16-13-6-4-3-5-10(9)13/h3-6,8,11-12,14-15H,2,7H2,1H3. The third-order valence-electron chi connectivity index (χ3n) is 2.85. The molecule has 2 rings (SSSR count). The second-order valence-electron chi connectivity index (χ2n) is 4.00. The zero-order valence-electron chi connectivity index (χ0n) is 9.26. The monoisotopic (exact) mass is 236 g/mol. The summed E-state index contributed by atoms with van der Waals surface area (Å²) < 4.78 is 1.23. The number of aliphatic hydroxyl groups is 2. The average Bonchev–Trinajstić information content (AvgIpc) is 2.72.